The number of benzene rings is 1. The molecular weight excluding hydrogens is 258 g/mol. The number of hydrogen-bond acceptors (Lipinski definition) is 3. The number of nitrogens with one attached hydrogen (secondary N) is 1. The molecule has 0 radical (unpaired) electrons. The van der Waals surface area contributed by atoms with Crippen LogP contribution in [0.2, 0.25) is 0 Å². The maximum atomic E-state index is 12.2. The van der Waals surface area contributed by atoms with E-state index in [4.69, 9.17) is 0 Å². The van der Waals surface area contributed by atoms with Gasteiger partial charge in [0.2, 0.25) is 0 Å². The van der Waals surface area contributed by atoms with Gasteiger partial charge in [0, 0.05) is 5.56 Å². The number of phenols is 1. The Morgan fingerprint density at radius 1 is 1.20 bits per heavy atom. The molecular formula is C15H19NO4. The Bertz CT molecular complexity index is 533. The summed E-state index contributed by atoms with van der Waals surface area (Å²) < 4.78 is 0. The largest absolute Gasteiger partial charge is 0.508 e. The lowest BCUT2D eigenvalue weighted by atomic mass is 9.81. The fraction of sp³-hybridized carbons (Fsp3) is 0.467. The lowest BCUT2D eigenvalue weighted by Gasteiger charge is -2.34. The fourth-order valence-corrected chi connectivity index (χ4v) is 2.59. The summed E-state index contributed by atoms with van der Waals surface area (Å²) >= 11 is 0. The molecule has 1 aromatic carbocycles. The summed E-state index contributed by atoms with van der Waals surface area (Å²) in [4.78, 5) is 23.7. The summed E-state index contributed by atoms with van der Waals surface area (Å²) in [6.45, 7) is 1.73. The van der Waals surface area contributed by atoms with Crippen molar-refractivity contribution in [2.45, 2.75) is 44.6 Å². The van der Waals surface area contributed by atoms with Crippen LogP contribution < -0.4 is 5.32 Å². The van der Waals surface area contributed by atoms with E-state index in [1.54, 1.807) is 19.1 Å². The van der Waals surface area contributed by atoms with Gasteiger partial charge >= 0.3 is 5.97 Å². The van der Waals surface area contributed by atoms with Gasteiger partial charge in [-0.2, -0.15) is 0 Å². The van der Waals surface area contributed by atoms with Gasteiger partial charge in [-0.1, -0.05) is 25.3 Å². The van der Waals surface area contributed by atoms with Crippen molar-refractivity contribution in [3.63, 3.8) is 0 Å². The van der Waals surface area contributed by atoms with Crippen LogP contribution in [0.15, 0.2) is 18.2 Å². The lowest BCUT2D eigenvalue weighted by molar-refractivity contribution is -0.145. The summed E-state index contributed by atoms with van der Waals surface area (Å²) in [6.07, 6.45) is 3.49. The van der Waals surface area contributed by atoms with Gasteiger partial charge < -0.3 is 15.5 Å². The number of carboxylic acids is 1. The summed E-state index contributed by atoms with van der Waals surface area (Å²) in [7, 11) is 0. The van der Waals surface area contributed by atoms with Crippen molar-refractivity contribution in [2.24, 2.45) is 0 Å². The average molecular weight is 277 g/mol. The maximum Gasteiger partial charge on any atom is 0.329 e. The van der Waals surface area contributed by atoms with Crippen molar-refractivity contribution >= 4 is 11.9 Å². The molecule has 0 heterocycles. The first-order chi connectivity index (χ1) is 9.44. The van der Waals surface area contributed by atoms with Gasteiger partial charge in [-0.05, 0) is 37.5 Å². The maximum absolute atomic E-state index is 12.2. The Hall–Kier alpha value is -2.04. The molecule has 0 aromatic heterocycles. The van der Waals surface area contributed by atoms with Crippen LogP contribution in [0.5, 0.6) is 5.75 Å². The van der Waals surface area contributed by atoms with Crippen LogP contribution in [0.4, 0.5) is 0 Å². The monoisotopic (exact) mass is 277 g/mol. The molecule has 5 heteroatoms. The van der Waals surface area contributed by atoms with E-state index >= 15 is 0 Å². The van der Waals surface area contributed by atoms with Crippen LogP contribution in [0, 0.1) is 6.92 Å². The summed E-state index contributed by atoms with van der Waals surface area (Å²) in [5.74, 6) is -1.41. The van der Waals surface area contributed by atoms with Crippen molar-refractivity contribution in [3.05, 3.63) is 29.3 Å². The lowest BCUT2D eigenvalue weighted by Crippen LogP contribution is -2.55. The second-order valence-electron chi connectivity index (χ2n) is 5.40. The number of aliphatic carboxylic acids is 1. The zero-order chi connectivity index (χ0) is 14.8. The summed E-state index contributed by atoms with van der Waals surface area (Å²) in [5.41, 5.74) is -0.220. The number of hydrogen-bond donors (Lipinski definition) is 3. The number of amides is 1. The average Bonchev–Trinajstić information content (AvgIpc) is 2.42. The molecule has 3 N–H and O–H groups in total. The second-order valence-corrected chi connectivity index (χ2v) is 5.40. The Morgan fingerprint density at radius 2 is 1.85 bits per heavy atom. The van der Waals surface area contributed by atoms with Crippen molar-refractivity contribution in [3.8, 4) is 5.75 Å². The van der Waals surface area contributed by atoms with E-state index in [0.29, 0.717) is 18.4 Å². The first kappa shape index (κ1) is 14.4. The molecule has 20 heavy (non-hydrogen) atoms. The highest BCUT2D eigenvalue weighted by atomic mass is 16.4. The molecule has 0 spiro atoms. The molecule has 1 aliphatic carbocycles. The Morgan fingerprint density at radius 3 is 2.40 bits per heavy atom. The van der Waals surface area contributed by atoms with E-state index in [1.165, 1.54) is 6.07 Å². The number of carbonyl (C=O) groups is 2. The first-order valence-corrected chi connectivity index (χ1v) is 6.80. The number of carboxylic acid groups (broad SMARTS) is 1. The summed E-state index contributed by atoms with van der Waals surface area (Å²) in [5, 5.41) is 21.7. The van der Waals surface area contributed by atoms with Crippen LogP contribution in [-0.2, 0) is 4.79 Å². The van der Waals surface area contributed by atoms with Gasteiger partial charge in [0.1, 0.15) is 11.3 Å². The Kier molecular flexibility index (Phi) is 3.97. The molecule has 1 aliphatic rings. The van der Waals surface area contributed by atoms with Crippen molar-refractivity contribution in [2.75, 3.05) is 0 Å². The minimum atomic E-state index is -1.17. The van der Waals surface area contributed by atoms with E-state index < -0.39 is 17.4 Å². The molecule has 0 atom stereocenters. The second kappa shape index (κ2) is 5.53. The topological polar surface area (TPSA) is 86.6 Å². The van der Waals surface area contributed by atoms with Gasteiger partial charge in [0.05, 0.1) is 0 Å². The number of carbonyl (C=O) groups excluding carboxylic acids is 1. The number of phenolic OH excluding ortho intramolecular Hbond substituents is 1. The molecule has 108 valence electrons. The van der Waals surface area contributed by atoms with E-state index in [9.17, 15) is 19.8 Å². The smallest absolute Gasteiger partial charge is 0.329 e. The third kappa shape index (κ3) is 2.76. The third-order valence-electron chi connectivity index (χ3n) is 3.94. The molecule has 0 bridgehead atoms. The predicted molar refractivity (Wildman–Crippen MR) is 73.8 cm³/mol. The zero-order valence-electron chi connectivity index (χ0n) is 11.5. The SMILES string of the molecule is Cc1ccc(C(=O)NC2(C(=O)O)CCCCC2)cc1O. The van der Waals surface area contributed by atoms with Gasteiger partial charge in [-0.3, -0.25) is 4.79 Å². The Balaban J connectivity index is 2.20. The van der Waals surface area contributed by atoms with Crippen molar-refractivity contribution < 1.29 is 19.8 Å². The Labute approximate surface area is 117 Å². The normalized spacial score (nSPS) is 17.4. The first-order valence-electron chi connectivity index (χ1n) is 6.80. The zero-order valence-corrected chi connectivity index (χ0v) is 11.5. The highest BCUT2D eigenvalue weighted by Gasteiger charge is 2.41. The molecule has 5 nitrogen and oxygen atoms in total. The molecule has 0 saturated heterocycles. The molecule has 0 unspecified atom stereocenters. The summed E-state index contributed by atoms with van der Waals surface area (Å²) in [6, 6.07) is 4.59. The minimum absolute atomic E-state index is 0.0330. The molecule has 1 aromatic rings. The van der Waals surface area contributed by atoms with Gasteiger partial charge in [0.15, 0.2) is 0 Å². The number of aromatic hydroxyl groups is 1. The van der Waals surface area contributed by atoms with Crippen molar-refractivity contribution in [1.29, 1.82) is 0 Å². The van der Waals surface area contributed by atoms with Crippen LogP contribution in [0.3, 0.4) is 0 Å². The quantitative estimate of drug-likeness (QED) is 0.790. The van der Waals surface area contributed by atoms with E-state index in [2.05, 4.69) is 5.32 Å². The van der Waals surface area contributed by atoms with Gasteiger partial charge in [-0.25, -0.2) is 4.79 Å². The van der Waals surface area contributed by atoms with E-state index in [1.807, 2.05) is 0 Å². The predicted octanol–water partition coefficient (Wildman–Crippen LogP) is 2.22. The fourth-order valence-electron chi connectivity index (χ4n) is 2.59. The van der Waals surface area contributed by atoms with Crippen LogP contribution in [-0.4, -0.2) is 27.6 Å². The van der Waals surface area contributed by atoms with E-state index in [-0.39, 0.29) is 11.3 Å². The molecule has 1 fully saturated rings. The number of aryl methyl sites for hydroxylation is 1. The van der Waals surface area contributed by atoms with Crippen LogP contribution in [0.1, 0.15) is 48.0 Å². The van der Waals surface area contributed by atoms with E-state index in [0.717, 1.165) is 19.3 Å². The third-order valence-corrected chi connectivity index (χ3v) is 3.94. The van der Waals surface area contributed by atoms with Gasteiger partial charge in [-0.15, -0.1) is 0 Å². The molecule has 1 saturated carbocycles. The minimum Gasteiger partial charge on any atom is -0.508 e. The number of rotatable bonds is 3. The highest BCUT2D eigenvalue weighted by Crippen LogP contribution is 2.29. The standard InChI is InChI=1S/C15H19NO4/c1-10-5-6-11(9-12(10)17)13(18)16-15(14(19)20)7-3-2-4-8-15/h5-6,9,17H,2-4,7-8H2,1H3,(H,16,18)(H,19,20). The van der Waals surface area contributed by atoms with Crippen LogP contribution in [0.25, 0.3) is 0 Å². The van der Waals surface area contributed by atoms with Gasteiger partial charge in [0.25, 0.3) is 5.91 Å². The highest BCUT2D eigenvalue weighted by molar-refractivity contribution is 5.98. The van der Waals surface area contributed by atoms with Crippen LogP contribution >= 0.6 is 0 Å². The molecule has 0 aliphatic heterocycles. The molecule has 2 rings (SSSR count). The van der Waals surface area contributed by atoms with Crippen molar-refractivity contribution in [1.82, 2.24) is 5.32 Å². The molecule has 1 amide bonds.